The van der Waals surface area contributed by atoms with E-state index in [9.17, 15) is 9.59 Å². The number of ether oxygens (including phenoxy) is 1. The summed E-state index contributed by atoms with van der Waals surface area (Å²) in [7, 11) is 0. The van der Waals surface area contributed by atoms with E-state index in [0.717, 1.165) is 23.1 Å². The molecule has 0 aromatic heterocycles. The van der Waals surface area contributed by atoms with Gasteiger partial charge in [0.2, 0.25) is 5.91 Å². The monoisotopic (exact) mass is 492 g/mol. The van der Waals surface area contributed by atoms with Gasteiger partial charge in [0.25, 0.3) is 5.91 Å². The van der Waals surface area contributed by atoms with Crippen molar-refractivity contribution in [1.82, 2.24) is 10.2 Å². The lowest BCUT2D eigenvalue weighted by atomic mass is 10.0. The minimum atomic E-state index is -0.709. The minimum Gasteiger partial charge on any atom is -0.484 e. The van der Waals surface area contributed by atoms with E-state index < -0.39 is 6.04 Å². The highest BCUT2D eigenvalue weighted by atomic mass is 35.5. The number of carbonyl (C=O) groups is 2. The molecule has 5 nitrogen and oxygen atoms in total. The van der Waals surface area contributed by atoms with Gasteiger partial charge in [0.1, 0.15) is 11.8 Å². The first-order chi connectivity index (χ1) is 16.9. The number of amides is 2. The smallest absolute Gasteiger partial charge is 0.261 e. The maximum absolute atomic E-state index is 13.6. The van der Waals surface area contributed by atoms with E-state index in [1.807, 2.05) is 93.6 Å². The van der Waals surface area contributed by atoms with Gasteiger partial charge in [-0.2, -0.15) is 0 Å². The summed E-state index contributed by atoms with van der Waals surface area (Å²) in [5.41, 5.74) is 2.86. The van der Waals surface area contributed by atoms with Crippen LogP contribution in [0.15, 0.2) is 78.9 Å². The molecule has 6 heteroatoms. The predicted molar refractivity (Wildman–Crippen MR) is 141 cm³/mol. The van der Waals surface area contributed by atoms with E-state index in [4.69, 9.17) is 16.3 Å². The molecule has 0 aliphatic rings. The molecule has 3 aromatic rings. The lowest BCUT2D eigenvalue weighted by molar-refractivity contribution is -0.143. The van der Waals surface area contributed by atoms with Crippen molar-refractivity contribution in [3.63, 3.8) is 0 Å². The second kappa shape index (κ2) is 13.0. The summed E-state index contributed by atoms with van der Waals surface area (Å²) in [6.07, 6.45) is 1.18. The Balaban J connectivity index is 1.91. The number of benzene rings is 3. The van der Waals surface area contributed by atoms with Crippen molar-refractivity contribution in [3.05, 3.63) is 101 Å². The van der Waals surface area contributed by atoms with E-state index in [0.29, 0.717) is 17.2 Å². The van der Waals surface area contributed by atoms with Gasteiger partial charge in [0.15, 0.2) is 6.61 Å². The first kappa shape index (κ1) is 26.3. The first-order valence-electron chi connectivity index (χ1n) is 11.9. The molecule has 3 rings (SSSR count). The second-order valence-electron chi connectivity index (χ2n) is 8.78. The van der Waals surface area contributed by atoms with E-state index in [1.54, 1.807) is 11.0 Å². The summed E-state index contributed by atoms with van der Waals surface area (Å²) in [4.78, 5) is 28.6. The van der Waals surface area contributed by atoms with Crippen LogP contribution in [0.3, 0.4) is 0 Å². The molecule has 0 aliphatic heterocycles. The van der Waals surface area contributed by atoms with E-state index in [1.165, 1.54) is 0 Å². The zero-order chi connectivity index (χ0) is 25.2. The molecule has 3 aromatic carbocycles. The molecular formula is C29H33ClN2O3. The van der Waals surface area contributed by atoms with E-state index in [-0.39, 0.29) is 31.0 Å². The van der Waals surface area contributed by atoms with Crippen LogP contribution >= 0.6 is 11.6 Å². The minimum absolute atomic E-state index is 0.00700. The summed E-state index contributed by atoms with van der Waals surface area (Å²) in [6, 6.07) is 23.9. The number of hydrogen-bond donors (Lipinski definition) is 1. The van der Waals surface area contributed by atoms with E-state index >= 15 is 0 Å². The molecule has 2 amide bonds. The number of rotatable bonds is 11. The first-order valence-corrected chi connectivity index (χ1v) is 12.3. The number of carbonyl (C=O) groups excluding carboxylic acids is 2. The predicted octanol–water partition coefficient (Wildman–Crippen LogP) is 5.58. The van der Waals surface area contributed by atoms with Gasteiger partial charge in [-0.1, -0.05) is 73.1 Å². The maximum Gasteiger partial charge on any atom is 0.261 e. The Hall–Kier alpha value is -3.31. The lowest BCUT2D eigenvalue weighted by Crippen LogP contribution is -2.53. The Bertz CT molecular complexity index is 1120. The third kappa shape index (κ3) is 8.15. The maximum atomic E-state index is 13.6. The fourth-order valence-electron chi connectivity index (χ4n) is 3.76. The normalized spacial score (nSPS) is 12.5. The molecule has 1 N–H and O–H groups in total. The molecule has 35 heavy (non-hydrogen) atoms. The van der Waals surface area contributed by atoms with Gasteiger partial charge in [-0.15, -0.1) is 0 Å². The molecular weight excluding hydrogens is 460 g/mol. The van der Waals surface area contributed by atoms with Gasteiger partial charge in [0.05, 0.1) is 0 Å². The highest BCUT2D eigenvalue weighted by molar-refractivity contribution is 6.30. The van der Waals surface area contributed by atoms with Gasteiger partial charge in [-0.3, -0.25) is 9.59 Å². The third-order valence-electron chi connectivity index (χ3n) is 5.87. The van der Waals surface area contributed by atoms with Crippen LogP contribution in [0.1, 0.15) is 37.0 Å². The number of hydrogen-bond acceptors (Lipinski definition) is 3. The lowest BCUT2D eigenvalue weighted by Gasteiger charge is -2.32. The Morgan fingerprint density at radius 2 is 1.69 bits per heavy atom. The van der Waals surface area contributed by atoms with Crippen molar-refractivity contribution in [2.45, 2.75) is 52.2 Å². The summed E-state index contributed by atoms with van der Waals surface area (Å²) >= 11 is 6.22. The SMILES string of the molecule is CC[C@H](C)NC(=O)[C@@H](Cc1ccccc1)N(Cc1cccc(Cl)c1)C(=O)COc1cccc(C)c1. The van der Waals surface area contributed by atoms with Crippen LogP contribution in [0.5, 0.6) is 5.75 Å². The van der Waals surface area contributed by atoms with Gasteiger partial charge >= 0.3 is 0 Å². The number of nitrogens with one attached hydrogen (secondary N) is 1. The van der Waals surface area contributed by atoms with Gasteiger partial charge in [-0.25, -0.2) is 0 Å². The van der Waals surface area contributed by atoms with Crippen molar-refractivity contribution in [2.75, 3.05) is 6.61 Å². The molecule has 0 saturated heterocycles. The Kier molecular flexibility index (Phi) is 9.74. The van der Waals surface area contributed by atoms with Crippen LogP contribution < -0.4 is 10.1 Å². The fourth-order valence-corrected chi connectivity index (χ4v) is 3.97. The molecule has 0 aliphatic carbocycles. The zero-order valence-corrected chi connectivity index (χ0v) is 21.3. The zero-order valence-electron chi connectivity index (χ0n) is 20.5. The average molecular weight is 493 g/mol. The van der Waals surface area contributed by atoms with Crippen molar-refractivity contribution >= 4 is 23.4 Å². The number of halogens is 1. The van der Waals surface area contributed by atoms with Crippen LogP contribution in [0.2, 0.25) is 5.02 Å². The molecule has 0 saturated carbocycles. The van der Waals surface area contributed by atoms with Crippen molar-refractivity contribution in [2.24, 2.45) is 0 Å². The summed E-state index contributed by atoms with van der Waals surface area (Å²) < 4.78 is 5.82. The molecule has 0 bridgehead atoms. The van der Waals surface area contributed by atoms with Crippen LogP contribution in [0.25, 0.3) is 0 Å². The molecule has 184 valence electrons. The molecule has 2 atom stereocenters. The molecule has 0 fully saturated rings. The molecule has 0 spiro atoms. The topological polar surface area (TPSA) is 58.6 Å². The van der Waals surface area contributed by atoms with Gasteiger partial charge in [-0.05, 0) is 61.2 Å². The Morgan fingerprint density at radius 1 is 0.971 bits per heavy atom. The molecule has 0 radical (unpaired) electrons. The van der Waals surface area contributed by atoms with Crippen molar-refractivity contribution in [3.8, 4) is 5.75 Å². The quantitative estimate of drug-likeness (QED) is 0.380. The standard InChI is InChI=1S/C29H33ClN2O3/c1-4-22(3)31-29(34)27(18-23-11-6-5-7-12-23)32(19-24-13-9-14-25(30)17-24)28(33)20-35-26-15-8-10-21(2)16-26/h5-17,22,27H,4,18-20H2,1-3H3,(H,31,34)/t22-,27+/m0/s1. The van der Waals surface area contributed by atoms with Crippen LogP contribution in [0, 0.1) is 6.92 Å². The molecule has 0 heterocycles. The fraction of sp³-hybridized carbons (Fsp3) is 0.310. The summed E-state index contributed by atoms with van der Waals surface area (Å²) in [5, 5.41) is 3.64. The second-order valence-corrected chi connectivity index (χ2v) is 9.22. The third-order valence-corrected chi connectivity index (χ3v) is 6.10. The van der Waals surface area contributed by atoms with Crippen LogP contribution in [0.4, 0.5) is 0 Å². The number of aryl methyl sites for hydroxylation is 1. The van der Waals surface area contributed by atoms with Gasteiger partial charge in [0, 0.05) is 24.0 Å². The highest BCUT2D eigenvalue weighted by Crippen LogP contribution is 2.19. The van der Waals surface area contributed by atoms with Crippen molar-refractivity contribution in [1.29, 1.82) is 0 Å². The summed E-state index contributed by atoms with van der Waals surface area (Å²) in [6.45, 7) is 6.01. The van der Waals surface area contributed by atoms with E-state index in [2.05, 4.69) is 5.32 Å². The highest BCUT2D eigenvalue weighted by Gasteiger charge is 2.31. The van der Waals surface area contributed by atoms with Gasteiger partial charge < -0.3 is 15.0 Å². The van der Waals surface area contributed by atoms with Crippen LogP contribution in [-0.4, -0.2) is 35.4 Å². The van der Waals surface area contributed by atoms with Crippen LogP contribution in [-0.2, 0) is 22.6 Å². The summed E-state index contributed by atoms with van der Waals surface area (Å²) in [5.74, 6) is 0.158. The Labute approximate surface area is 213 Å². The number of nitrogens with zero attached hydrogens (tertiary/aromatic N) is 1. The molecule has 0 unspecified atom stereocenters. The largest absolute Gasteiger partial charge is 0.484 e. The Morgan fingerprint density at radius 3 is 2.37 bits per heavy atom. The van der Waals surface area contributed by atoms with Crippen molar-refractivity contribution < 1.29 is 14.3 Å². The average Bonchev–Trinajstić information content (AvgIpc) is 2.85.